The second kappa shape index (κ2) is 7.30. The Morgan fingerprint density at radius 2 is 1.88 bits per heavy atom. The Kier molecular flexibility index (Phi) is 5.56. The Morgan fingerprint density at radius 3 is 2.52 bits per heavy atom. The summed E-state index contributed by atoms with van der Waals surface area (Å²) < 4.78 is 64.3. The molecule has 0 aliphatic heterocycles. The molecule has 0 heterocycles. The Morgan fingerprint density at radius 1 is 1.20 bits per heavy atom. The summed E-state index contributed by atoms with van der Waals surface area (Å²) in [5, 5.41) is 2.20. The van der Waals surface area contributed by atoms with Crippen molar-refractivity contribution in [2.24, 2.45) is 0 Å². The SMILES string of the molecule is Cc1cc(F)c(NC(=O)c2cc(F)ccc2N)cc1SCC(F)(F)F. The van der Waals surface area contributed by atoms with Gasteiger partial charge in [0, 0.05) is 10.6 Å². The summed E-state index contributed by atoms with van der Waals surface area (Å²) in [5.41, 5.74) is 5.35. The fourth-order valence-corrected chi connectivity index (χ4v) is 2.79. The summed E-state index contributed by atoms with van der Waals surface area (Å²) in [6, 6.07) is 5.25. The molecule has 0 aliphatic rings. The highest BCUT2D eigenvalue weighted by Gasteiger charge is 2.28. The molecule has 3 N–H and O–H groups in total. The number of hydrogen-bond donors (Lipinski definition) is 2. The van der Waals surface area contributed by atoms with Crippen molar-refractivity contribution in [3.05, 3.63) is 53.1 Å². The molecule has 0 unspecified atom stereocenters. The first-order valence-electron chi connectivity index (χ1n) is 6.93. The minimum atomic E-state index is -4.38. The van der Waals surface area contributed by atoms with Gasteiger partial charge in [0.05, 0.1) is 17.0 Å². The third-order valence-corrected chi connectivity index (χ3v) is 4.39. The summed E-state index contributed by atoms with van der Waals surface area (Å²) in [6.45, 7) is 1.46. The molecule has 25 heavy (non-hydrogen) atoms. The van der Waals surface area contributed by atoms with Gasteiger partial charge in [-0.15, -0.1) is 11.8 Å². The van der Waals surface area contributed by atoms with Crippen molar-refractivity contribution in [1.82, 2.24) is 0 Å². The first-order valence-corrected chi connectivity index (χ1v) is 7.91. The van der Waals surface area contributed by atoms with E-state index in [-0.39, 0.29) is 21.8 Å². The molecule has 0 saturated heterocycles. The lowest BCUT2D eigenvalue weighted by Crippen LogP contribution is -2.16. The molecule has 0 aromatic heterocycles. The van der Waals surface area contributed by atoms with E-state index >= 15 is 0 Å². The topological polar surface area (TPSA) is 55.1 Å². The van der Waals surface area contributed by atoms with Gasteiger partial charge in [0.1, 0.15) is 11.6 Å². The van der Waals surface area contributed by atoms with Crippen LogP contribution in [0.1, 0.15) is 15.9 Å². The van der Waals surface area contributed by atoms with Crippen LogP contribution >= 0.6 is 11.8 Å². The second-order valence-corrected chi connectivity index (χ2v) is 6.20. The average Bonchev–Trinajstić information content (AvgIpc) is 2.50. The van der Waals surface area contributed by atoms with Gasteiger partial charge in [-0.25, -0.2) is 8.78 Å². The zero-order valence-electron chi connectivity index (χ0n) is 12.9. The molecule has 134 valence electrons. The van der Waals surface area contributed by atoms with Gasteiger partial charge in [-0.3, -0.25) is 4.79 Å². The Bertz CT molecular complexity index is 808. The number of aryl methyl sites for hydroxylation is 1. The van der Waals surface area contributed by atoms with Gasteiger partial charge < -0.3 is 11.1 Å². The molecule has 0 radical (unpaired) electrons. The number of carbonyl (C=O) groups is 1. The van der Waals surface area contributed by atoms with Crippen molar-refractivity contribution in [1.29, 1.82) is 0 Å². The van der Waals surface area contributed by atoms with Crippen LogP contribution in [0.4, 0.5) is 33.3 Å². The van der Waals surface area contributed by atoms with Crippen LogP contribution in [0.5, 0.6) is 0 Å². The number of nitrogens with two attached hydrogens (primary N) is 1. The van der Waals surface area contributed by atoms with Crippen LogP contribution in [0, 0.1) is 18.6 Å². The van der Waals surface area contributed by atoms with Crippen LogP contribution in [0.2, 0.25) is 0 Å². The van der Waals surface area contributed by atoms with Crippen LogP contribution in [-0.2, 0) is 0 Å². The molecule has 0 bridgehead atoms. The zero-order chi connectivity index (χ0) is 18.8. The Hall–Kier alpha value is -2.29. The van der Waals surface area contributed by atoms with E-state index in [1.54, 1.807) is 0 Å². The Balaban J connectivity index is 2.26. The van der Waals surface area contributed by atoms with Crippen LogP contribution in [0.25, 0.3) is 0 Å². The van der Waals surface area contributed by atoms with E-state index in [0.29, 0.717) is 17.3 Å². The van der Waals surface area contributed by atoms with E-state index in [2.05, 4.69) is 5.32 Å². The summed E-state index contributed by atoms with van der Waals surface area (Å²) >= 11 is 0.478. The number of amides is 1. The highest BCUT2D eigenvalue weighted by atomic mass is 32.2. The quantitative estimate of drug-likeness (QED) is 0.459. The van der Waals surface area contributed by atoms with Crippen LogP contribution in [-0.4, -0.2) is 17.8 Å². The Labute approximate surface area is 144 Å². The highest BCUT2D eigenvalue weighted by molar-refractivity contribution is 7.99. The average molecular weight is 376 g/mol. The minimum absolute atomic E-state index is 0.0157. The van der Waals surface area contributed by atoms with E-state index in [0.717, 1.165) is 24.3 Å². The molecular formula is C16H13F5N2OS. The lowest BCUT2D eigenvalue weighted by molar-refractivity contribution is -0.105. The van der Waals surface area contributed by atoms with Gasteiger partial charge in [0.25, 0.3) is 5.91 Å². The third-order valence-electron chi connectivity index (χ3n) is 3.16. The molecule has 3 nitrogen and oxygen atoms in total. The zero-order valence-corrected chi connectivity index (χ0v) is 13.7. The molecule has 0 aliphatic carbocycles. The fraction of sp³-hybridized carbons (Fsp3) is 0.188. The van der Waals surface area contributed by atoms with E-state index in [9.17, 15) is 26.7 Å². The number of anilines is 2. The van der Waals surface area contributed by atoms with Crippen LogP contribution in [0.3, 0.4) is 0 Å². The molecule has 9 heteroatoms. The molecule has 0 fully saturated rings. The van der Waals surface area contributed by atoms with Crippen molar-refractivity contribution in [3.63, 3.8) is 0 Å². The number of rotatable bonds is 4. The van der Waals surface area contributed by atoms with E-state index in [4.69, 9.17) is 5.73 Å². The van der Waals surface area contributed by atoms with E-state index in [1.807, 2.05) is 0 Å². The summed E-state index contributed by atoms with van der Waals surface area (Å²) in [7, 11) is 0. The summed E-state index contributed by atoms with van der Waals surface area (Å²) in [5.74, 6) is -3.54. The van der Waals surface area contributed by atoms with Gasteiger partial charge >= 0.3 is 6.18 Å². The van der Waals surface area contributed by atoms with E-state index < -0.39 is 29.5 Å². The van der Waals surface area contributed by atoms with Gasteiger partial charge in [0.2, 0.25) is 0 Å². The largest absolute Gasteiger partial charge is 0.398 e. The van der Waals surface area contributed by atoms with Crippen molar-refractivity contribution >= 4 is 29.0 Å². The third kappa shape index (κ3) is 5.09. The van der Waals surface area contributed by atoms with Crippen LogP contribution in [0.15, 0.2) is 35.2 Å². The first kappa shape index (κ1) is 19.0. The number of thioether (sulfide) groups is 1. The lowest BCUT2D eigenvalue weighted by atomic mass is 10.1. The number of benzene rings is 2. The summed E-state index contributed by atoms with van der Waals surface area (Å²) in [6.07, 6.45) is -4.38. The van der Waals surface area contributed by atoms with Crippen molar-refractivity contribution < 1.29 is 26.7 Å². The number of carbonyl (C=O) groups excluding carboxylic acids is 1. The molecule has 0 saturated carbocycles. The molecule has 2 rings (SSSR count). The first-order chi connectivity index (χ1) is 11.6. The number of nitrogens with one attached hydrogen (secondary N) is 1. The lowest BCUT2D eigenvalue weighted by Gasteiger charge is -2.13. The van der Waals surface area contributed by atoms with Crippen molar-refractivity contribution in [2.45, 2.75) is 18.0 Å². The number of alkyl halides is 3. The van der Waals surface area contributed by atoms with Gasteiger partial charge in [-0.05, 0) is 42.8 Å². The molecule has 2 aromatic rings. The monoisotopic (exact) mass is 376 g/mol. The van der Waals surface area contributed by atoms with Crippen molar-refractivity contribution in [3.8, 4) is 0 Å². The predicted octanol–water partition coefficient (Wildman–Crippen LogP) is 4.76. The van der Waals surface area contributed by atoms with Gasteiger partial charge in [0.15, 0.2) is 0 Å². The maximum absolute atomic E-state index is 14.0. The molecule has 0 spiro atoms. The van der Waals surface area contributed by atoms with Gasteiger partial charge in [-0.2, -0.15) is 13.2 Å². The predicted molar refractivity (Wildman–Crippen MR) is 86.7 cm³/mol. The second-order valence-electron chi connectivity index (χ2n) is 5.19. The van der Waals surface area contributed by atoms with Gasteiger partial charge in [-0.1, -0.05) is 0 Å². The number of nitrogen functional groups attached to an aromatic ring is 1. The van der Waals surface area contributed by atoms with Crippen LogP contribution < -0.4 is 11.1 Å². The maximum Gasteiger partial charge on any atom is 0.398 e. The molecule has 0 atom stereocenters. The molecule has 2 aromatic carbocycles. The number of halogens is 5. The van der Waals surface area contributed by atoms with Crippen molar-refractivity contribution in [2.75, 3.05) is 16.8 Å². The molecular weight excluding hydrogens is 363 g/mol. The summed E-state index contributed by atoms with van der Waals surface area (Å²) in [4.78, 5) is 12.3. The number of hydrogen-bond acceptors (Lipinski definition) is 3. The standard InChI is InChI=1S/C16H13F5N2OS/c1-8-4-11(18)13(6-14(8)25-7-16(19,20)21)23-15(24)10-5-9(17)2-3-12(10)22/h2-6H,7,22H2,1H3,(H,23,24). The van der Waals surface area contributed by atoms with E-state index in [1.165, 1.54) is 13.0 Å². The fourth-order valence-electron chi connectivity index (χ4n) is 1.98. The highest BCUT2D eigenvalue weighted by Crippen LogP contribution is 2.32. The smallest absolute Gasteiger partial charge is 0.398 e. The minimum Gasteiger partial charge on any atom is -0.398 e. The molecule has 1 amide bonds. The normalized spacial score (nSPS) is 11.4. The maximum atomic E-state index is 14.0.